The number of aromatic amines is 1. The summed E-state index contributed by atoms with van der Waals surface area (Å²) in [5.74, 6) is 0. The van der Waals surface area contributed by atoms with E-state index in [-0.39, 0.29) is 0 Å². The van der Waals surface area contributed by atoms with Crippen LogP contribution >= 0.6 is 0 Å². The summed E-state index contributed by atoms with van der Waals surface area (Å²) in [7, 11) is 0. The van der Waals surface area contributed by atoms with Crippen molar-refractivity contribution in [3.63, 3.8) is 0 Å². The first-order valence-electron chi connectivity index (χ1n) is 1.99. The quantitative estimate of drug-likeness (QED) is 0.487. The molecule has 0 radical (unpaired) electrons. The molecule has 0 aliphatic rings. The molecule has 2 heteroatoms. The Hall–Kier alpha value is 0.761. The Bertz CT molecular complexity index is 111. The molecule has 1 heterocycles. The molecule has 1 aromatic heterocycles. The number of rotatable bonds is 0. The Kier molecular flexibility index (Phi) is 1.77. The third-order valence-corrected chi connectivity index (χ3v) is 2.28. The van der Waals surface area contributed by atoms with Gasteiger partial charge in [-0.3, -0.25) is 0 Å². The van der Waals surface area contributed by atoms with Crippen LogP contribution < -0.4 is 0.665 Å². The molecule has 0 amide bonds. The first-order chi connectivity index (χ1) is 2.89. The molecular formula is C4H5NSr. The number of aromatic nitrogens is 1. The molecule has 0 aliphatic carbocycles. The van der Waals surface area contributed by atoms with Crippen LogP contribution in [0, 0.1) is 0 Å². The zero-order valence-corrected chi connectivity index (χ0v) is 8.65. The Morgan fingerprint density at radius 1 is 1.67 bits per heavy atom. The fourth-order valence-electron chi connectivity index (χ4n) is 0.420. The third kappa shape index (κ3) is 1.12. The van der Waals surface area contributed by atoms with E-state index < -0.39 is 0 Å². The molecule has 1 N–H and O–H groups in total. The molecule has 0 bridgehead atoms. The Morgan fingerprint density at radius 3 is 2.67 bits per heavy atom. The summed E-state index contributed by atoms with van der Waals surface area (Å²) in [5.41, 5.74) is 0. The zero-order valence-electron chi connectivity index (χ0n) is 3.73. The molecule has 0 aromatic carbocycles. The van der Waals surface area contributed by atoms with E-state index in [1.165, 1.54) is 0.665 Å². The Balaban J connectivity index is 3.05. The van der Waals surface area contributed by atoms with Crippen molar-refractivity contribution in [2.45, 2.75) is 0 Å². The van der Waals surface area contributed by atoms with E-state index in [9.17, 15) is 0 Å². The molecule has 1 aromatic rings. The maximum absolute atomic E-state index is 3.09. The van der Waals surface area contributed by atoms with Crippen molar-refractivity contribution in [3.8, 4) is 0 Å². The summed E-state index contributed by atoms with van der Waals surface area (Å²) >= 11 is 0.686. The molecule has 0 aliphatic heterocycles. The molecule has 0 saturated heterocycles. The normalized spacial score (nSPS) is 8.50. The van der Waals surface area contributed by atoms with E-state index in [1.807, 2.05) is 12.3 Å². The van der Waals surface area contributed by atoms with Gasteiger partial charge in [0, 0.05) is 0 Å². The summed E-state index contributed by atoms with van der Waals surface area (Å²) in [4.78, 5) is 3.09. The molecule has 6 heavy (non-hydrogen) atoms. The summed E-state index contributed by atoms with van der Waals surface area (Å²) in [6.07, 6.45) is 1.96. The second-order valence-corrected chi connectivity index (χ2v) is 4.00. The van der Waals surface area contributed by atoms with Gasteiger partial charge in [0.25, 0.3) is 0 Å². The van der Waals surface area contributed by atoms with Gasteiger partial charge >= 0.3 is 67.2 Å². The van der Waals surface area contributed by atoms with Gasteiger partial charge in [-0.2, -0.15) is 0 Å². The number of hydrogen-bond donors (Lipinski definition) is 1. The summed E-state index contributed by atoms with van der Waals surface area (Å²) in [6, 6.07) is 4.16. The minimum absolute atomic E-state index is 0.686. The summed E-state index contributed by atoms with van der Waals surface area (Å²) < 4.78 is 1.43. The molecule has 0 fully saturated rings. The topological polar surface area (TPSA) is 15.8 Å². The minimum atomic E-state index is 0.686. The third-order valence-electron chi connectivity index (χ3n) is 0.753. The van der Waals surface area contributed by atoms with Crippen LogP contribution in [0.4, 0.5) is 0 Å². The fraction of sp³-hybridized carbons (Fsp3) is 0. The number of hydrogen-bond acceptors (Lipinski definition) is 0. The number of H-pyrrole nitrogens is 1. The van der Waals surface area contributed by atoms with Crippen LogP contribution in [0.2, 0.25) is 0 Å². The molecule has 0 saturated carbocycles. The van der Waals surface area contributed by atoms with Gasteiger partial charge in [-0.15, -0.1) is 0 Å². The molecular weight excluding hydrogens is 150 g/mol. The molecule has 0 spiro atoms. The first kappa shape index (κ1) is 4.91. The monoisotopic (exact) mass is 155 g/mol. The molecule has 0 atom stereocenters. The predicted octanol–water partition coefficient (Wildman–Crippen LogP) is -0.459. The van der Waals surface area contributed by atoms with Crippen LogP contribution in [0.15, 0.2) is 18.3 Å². The SMILES string of the molecule is [SrH][c]1ccc[nH]1. The van der Waals surface area contributed by atoms with Gasteiger partial charge in [-0.25, -0.2) is 0 Å². The second kappa shape index (κ2) is 2.17. The summed E-state index contributed by atoms with van der Waals surface area (Å²) in [5, 5.41) is 0. The van der Waals surface area contributed by atoms with Gasteiger partial charge in [-0.1, -0.05) is 0 Å². The van der Waals surface area contributed by atoms with Gasteiger partial charge in [0.05, 0.1) is 0 Å². The summed E-state index contributed by atoms with van der Waals surface area (Å²) in [6.45, 7) is 0. The van der Waals surface area contributed by atoms with Crippen molar-refractivity contribution in [1.29, 1.82) is 0 Å². The van der Waals surface area contributed by atoms with E-state index >= 15 is 0 Å². The van der Waals surface area contributed by atoms with Crippen LogP contribution in [0.1, 0.15) is 0 Å². The fourth-order valence-corrected chi connectivity index (χ4v) is 1.30. The van der Waals surface area contributed by atoms with Gasteiger partial charge < -0.3 is 0 Å². The maximum atomic E-state index is 3.09. The second-order valence-electron chi connectivity index (χ2n) is 1.35. The average molecular weight is 155 g/mol. The standard InChI is InChI=1S/C4H4N.Sr.H/c1-2-4-5-3-1;;/h1-3,5H;;. The van der Waals surface area contributed by atoms with Crippen LogP contribution in [0.5, 0.6) is 0 Å². The van der Waals surface area contributed by atoms with Crippen LogP contribution in [-0.4, -0.2) is 48.2 Å². The Labute approximate surface area is 66.3 Å². The van der Waals surface area contributed by atoms with E-state index in [0.29, 0.717) is 43.3 Å². The Morgan fingerprint density at radius 2 is 2.50 bits per heavy atom. The van der Waals surface area contributed by atoms with Crippen molar-refractivity contribution >= 4 is 43.9 Å². The number of nitrogens with one attached hydrogen (secondary N) is 1. The van der Waals surface area contributed by atoms with Gasteiger partial charge in [0.15, 0.2) is 0 Å². The molecule has 1 rings (SSSR count). The molecule has 1 nitrogen and oxygen atoms in total. The van der Waals surface area contributed by atoms with Crippen LogP contribution in [0.3, 0.4) is 0 Å². The van der Waals surface area contributed by atoms with Crippen molar-refractivity contribution in [1.82, 2.24) is 4.98 Å². The molecule has 28 valence electrons. The van der Waals surface area contributed by atoms with Crippen molar-refractivity contribution in [2.24, 2.45) is 0 Å². The first-order valence-corrected chi connectivity index (χ1v) is 4.45. The van der Waals surface area contributed by atoms with Gasteiger partial charge in [-0.05, 0) is 0 Å². The molecule has 0 unspecified atom stereocenters. The van der Waals surface area contributed by atoms with Crippen molar-refractivity contribution in [2.75, 3.05) is 0 Å². The predicted molar refractivity (Wildman–Crippen MR) is 27.6 cm³/mol. The van der Waals surface area contributed by atoms with E-state index in [2.05, 4.69) is 11.1 Å². The zero-order chi connectivity index (χ0) is 4.41. The van der Waals surface area contributed by atoms with Gasteiger partial charge in [0.1, 0.15) is 0 Å². The van der Waals surface area contributed by atoms with Crippen LogP contribution in [-0.2, 0) is 0 Å². The van der Waals surface area contributed by atoms with E-state index in [1.54, 1.807) is 0 Å². The van der Waals surface area contributed by atoms with Crippen molar-refractivity contribution in [3.05, 3.63) is 18.3 Å². The van der Waals surface area contributed by atoms with Crippen molar-refractivity contribution < 1.29 is 0 Å². The van der Waals surface area contributed by atoms with E-state index in [4.69, 9.17) is 0 Å². The average Bonchev–Trinajstić information content (AvgIpc) is 1.86. The van der Waals surface area contributed by atoms with E-state index in [0.717, 1.165) is 0 Å². The van der Waals surface area contributed by atoms with Gasteiger partial charge in [0.2, 0.25) is 0 Å². The van der Waals surface area contributed by atoms with Crippen LogP contribution in [0.25, 0.3) is 0 Å².